The number of benzene rings is 1. The van der Waals surface area contributed by atoms with Crippen molar-refractivity contribution >= 4 is 23.6 Å². The summed E-state index contributed by atoms with van der Waals surface area (Å²) in [6.45, 7) is 3.82. The topological polar surface area (TPSA) is 95.6 Å². The van der Waals surface area contributed by atoms with Crippen molar-refractivity contribution < 1.29 is 19.2 Å². The van der Waals surface area contributed by atoms with Crippen molar-refractivity contribution in [2.75, 3.05) is 6.54 Å². The molecule has 27 heavy (non-hydrogen) atoms. The number of fused-ring (bicyclic) bond motifs is 1. The molecule has 1 aliphatic carbocycles. The van der Waals surface area contributed by atoms with Gasteiger partial charge in [0.15, 0.2) is 0 Å². The van der Waals surface area contributed by atoms with Crippen molar-refractivity contribution in [3.05, 3.63) is 34.9 Å². The summed E-state index contributed by atoms with van der Waals surface area (Å²) >= 11 is 0. The first-order valence-corrected chi connectivity index (χ1v) is 9.40. The zero-order valence-electron chi connectivity index (χ0n) is 15.7. The molecule has 4 amide bonds. The second-order valence-electron chi connectivity index (χ2n) is 7.40. The predicted molar refractivity (Wildman–Crippen MR) is 98.3 cm³/mol. The number of nitrogens with one attached hydrogen (secondary N) is 2. The zero-order valence-corrected chi connectivity index (χ0v) is 15.7. The summed E-state index contributed by atoms with van der Waals surface area (Å²) in [4.78, 5) is 50.2. The Bertz CT molecular complexity index is 765. The van der Waals surface area contributed by atoms with Gasteiger partial charge in [0.2, 0.25) is 17.7 Å². The van der Waals surface area contributed by atoms with Crippen molar-refractivity contribution in [1.29, 1.82) is 0 Å². The van der Waals surface area contributed by atoms with Crippen LogP contribution < -0.4 is 10.9 Å². The molecule has 3 rings (SSSR count). The molecule has 1 aromatic rings. The van der Waals surface area contributed by atoms with Crippen LogP contribution in [-0.2, 0) is 14.4 Å². The van der Waals surface area contributed by atoms with E-state index in [9.17, 15) is 19.2 Å². The average Bonchev–Trinajstić information content (AvgIpc) is 2.89. The number of nitrogens with zero attached hydrogens (tertiary/aromatic N) is 1. The highest BCUT2D eigenvalue weighted by atomic mass is 16.2. The van der Waals surface area contributed by atoms with E-state index in [1.807, 2.05) is 26.0 Å². The molecule has 144 valence electrons. The second-order valence-corrected chi connectivity index (χ2v) is 7.40. The minimum Gasteiger partial charge on any atom is -0.282 e. The maximum Gasteiger partial charge on any atom is 0.269 e. The summed E-state index contributed by atoms with van der Waals surface area (Å²) < 4.78 is 0. The summed E-state index contributed by atoms with van der Waals surface area (Å²) in [5.41, 5.74) is 7.08. The van der Waals surface area contributed by atoms with Crippen molar-refractivity contribution in [2.45, 2.75) is 46.0 Å². The number of likely N-dealkylation sites (tertiary alicyclic amines) is 1. The summed E-state index contributed by atoms with van der Waals surface area (Å²) in [5.74, 6) is -1.57. The van der Waals surface area contributed by atoms with Gasteiger partial charge in [-0.25, -0.2) is 0 Å². The molecule has 0 bridgehead atoms. The number of rotatable bonds is 4. The van der Waals surface area contributed by atoms with Crippen LogP contribution in [0.15, 0.2) is 18.2 Å². The van der Waals surface area contributed by atoms with Gasteiger partial charge in [0.25, 0.3) is 5.91 Å². The molecule has 1 aliphatic heterocycles. The molecule has 1 aromatic carbocycles. The SMILES string of the molecule is Cc1ccc(C(=O)NNC(=O)CCN2C(=O)[C@H]3CCCC[C@H]3C2=O)c(C)c1. The van der Waals surface area contributed by atoms with Gasteiger partial charge in [-0.2, -0.15) is 0 Å². The maximum absolute atomic E-state index is 12.4. The Balaban J connectivity index is 1.49. The Morgan fingerprint density at radius 2 is 1.67 bits per heavy atom. The monoisotopic (exact) mass is 371 g/mol. The third-order valence-corrected chi connectivity index (χ3v) is 5.44. The normalized spacial score (nSPS) is 21.8. The molecular weight excluding hydrogens is 346 g/mol. The van der Waals surface area contributed by atoms with Gasteiger partial charge >= 0.3 is 0 Å². The van der Waals surface area contributed by atoms with Gasteiger partial charge < -0.3 is 0 Å². The highest BCUT2D eigenvalue weighted by Crippen LogP contribution is 2.37. The van der Waals surface area contributed by atoms with Crippen molar-refractivity contribution in [3.63, 3.8) is 0 Å². The Hall–Kier alpha value is -2.70. The lowest BCUT2D eigenvalue weighted by molar-refractivity contribution is -0.140. The number of amides is 4. The van der Waals surface area contributed by atoms with E-state index in [4.69, 9.17) is 0 Å². The first-order valence-electron chi connectivity index (χ1n) is 9.40. The lowest BCUT2D eigenvalue weighted by atomic mass is 9.81. The van der Waals surface area contributed by atoms with Gasteiger partial charge in [-0.05, 0) is 38.3 Å². The Morgan fingerprint density at radius 1 is 1.04 bits per heavy atom. The van der Waals surface area contributed by atoms with Gasteiger partial charge in [-0.1, -0.05) is 30.5 Å². The number of carbonyl (C=O) groups excluding carboxylic acids is 4. The van der Waals surface area contributed by atoms with Crippen molar-refractivity contribution in [3.8, 4) is 0 Å². The summed E-state index contributed by atoms with van der Waals surface area (Å²) in [6, 6.07) is 5.42. The molecule has 1 saturated carbocycles. The number of aryl methyl sites for hydroxylation is 2. The lowest BCUT2D eigenvalue weighted by Gasteiger charge is -2.19. The summed E-state index contributed by atoms with van der Waals surface area (Å²) in [5, 5.41) is 0. The quantitative estimate of drug-likeness (QED) is 0.621. The Kier molecular flexibility index (Phi) is 5.58. The Morgan fingerprint density at radius 3 is 2.26 bits per heavy atom. The van der Waals surface area contributed by atoms with E-state index in [0.29, 0.717) is 5.56 Å². The molecule has 2 aliphatic rings. The molecule has 1 heterocycles. The van der Waals surface area contributed by atoms with Crippen LogP contribution in [0.25, 0.3) is 0 Å². The maximum atomic E-state index is 12.4. The molecule has 2 atom stereocenters. The van der Waals surface area contributed by atoms with E-state index >= 15 is 0 Å². The van der Waals surface area contributed by atoms with Crippen LogP contribution in [0.1, 0.15) is 53.6 Å². The molecular formula is C20H25N3O4. The number of imide groups is 1. The number of hydrogen-bond acceptors (Lipinski definition) is 4. The largest absolute Gasteiger partial charge is 0.282 e. The highest BCUT2D eigenvalue weighted by Gasteiger charge is 2.47. The van der Waals surface area contributed by atoms with Crippen LogP contribution in [0, 0.1) is 25.7 Å². The molecule has 0 unspecified atom stereocenters. The van der Waals surface area contributed by atoms with E-state index in [-0.39, 0.29) is 36.6 Å². The Labute approximate surface area is 158 Å². The van der Waals surface area contributed by atoms with Crippen LogP contribution >= 0.6 is 0 Å². The van der Waals surface area contributed by atoms with Gasteiger partial charge in [0.05, 0.1) is 11.8 Å². The lowest BCUT2D eigenvalue weighted by Crippen LogP contribution is -2.43. The van der Waals surface area contributed by atoms with E-state index in [1.54, 1.807) is 6.07 Å². The summed E-state index contributed by atoms with van der Waals surface area (Å²) in [7, 11) is 0. The van der Waals surface area contributed by atoms with Crippen LogP contribution in [0.3, 0.4) is 0 Å². The van der Waals surface area contributed by atoms with Crippen molar-refractivity contribution in [1.82, 2.24) is 15.8 Å². The van der Waals surface area contributed by atoms with E-state index < -0.39 is 11.8 Å². The zero-order chi connectivity index (χ0) is 19.6. The molecule has 7 nitrogen and oxygen atoms in total. The van der Waals surface area contributed by atoms with Gasteiger partial charge in [-0.3, -0.25) is 34.9 Å². The van der Waals surface area contributed by atoms with E-state index in [2.05, 4.69) is 10.9 Å². The molecule has 7 heteroatoms. The predicted octanol–water partition coefficient (Wildman–Crippen LogP) is 1.63. The van der Waals surface area contributed by atoms with Crippen LogP contribution in [-0.4, -0.2) is 35.1 Å². The minimum absolute atomic E-state index is 0.0376. The van der Waals surface area contributed by atoms with Crippen molar-refractivity contribution in [2.24, 2.45) is 11.8 Å². The van der Waals surface area contributed by atoms with Gasteiger partial charge in [0, 0.05) is 18.5 Å². The molecule has 2 fully saturated rings. The molecule has 0 aromatic heterocycles. The third-order valence-electron chi connectivity index (χ3n) is 5.44. The molecule has 2 N–H and O–H groups in total. The average molecular weight is 371 g/mol. The van der Waals surface area contributed by atoms with Crippen LogP contribution in [0.4, 0.5) is 0 Å². The van der Waals surface area contributed by atoms with Crippen LogP contribution in [0.5, 0.6) is 0 Å². The standard InChI is InChI=1S/C20H25N3O4/c1-12-7-8-14(13(2)11-12)18(25)22-21-17(24)9-10-23-19(26)15-5-3-4-6-16(15)20(23)27/h7-8,11,15-16H,3-6,9-10H2,1-2H3,(H,21,24)(H,22,25)/t15-,16+. The molecule has 0 radical (unpaired) electrons. The fourth-order valence-electron chi connectivity index (χ4n) is 3.99. The summed E-state index contributed by atoms with van der Waals surface area (Å²) in [6.07, 6.45) is 3.41. The fraction of sp³-hybridized carbons (Fsp3) is 0.500. The number of hydrazine groups is 1. The minimum atomic E-state index is -0.441. The number of hydrogen-bond donors (Lipinski definition) is 2. The van der Waals surface area contributed by atoms with E-state index in [0.717, 1.165) is 36.8 Å². The smallest absolute Gasteiger partial charge is 0.269 e. The first-order chi connectivity index (χ1) is 12.9. The van der Waals surface area contributed by atoms with E-state index in [1.165, 1.54) is 4.90 Å². The highest BCUT2D eigenvalue weighted by molar-refractivity contribution is 6.05. The van der Waals surface area contributed by atoms with Crippen LogP contribution in [0.2, 0.25) is 0 Å². The fourth-order valence-corrected chi connectivity index (χ4v) is 3.99. The van der Waals surface area contributed by atoms with Gasteiger partial charge in [-0.15, -0.1) is 0 Å². The third kappa shape index (κ3) is 4.02. The first kappa shape index (κ1) is 19.1. The van der Waals surface area contributed by atoms with Gasteiger partial charge in [0.1, 0.15) is 0 Å². The molecule has 0 spiro atoms. The second kappa shape index (κ2) is 7.90. The number of carbonyl (C=O) groups is 4. The molecule has 1 saturated heterocycles.